The van der Waals surface area contributed by atoms with E-state index < -0.39 is 36.6 Å². The molecule has 0 saturated heterocycles. The minimum atomic E-state index is -3.40. The Kier molecular flexibility index (Phi) is 9.69. The van der Waals surface area contributed by atoms with Crippen molar-refractivity contribution >= 4 is 38.9 Å². The fourth-order valence-electron chi connectivity index (χ4n) is 3.35. The Labute approximate surface area is 232 Å². The van der Waals surface area contributed by atoms with Crippen LogP contribution in [0.2, 0.25) is 5.02 Å². The SMILES string of the molecule is CC(C)(c1ccc(OCC2=NC(NS(C)(=O)=O)=C[I-]C=C2)cc1)c1cc(Cl)c(OCCCl)c(C#N)c1. The average molecular weight is 661 g/mol. The zero-order valence-electron chi connectivity index (χ0n) is 19.9. The van der Waals surface area contributed by atoms with E-state index in [0.29, 0.717) is 39.5 Å². The van der Waals surface area contributed by atoms with Crippen LogP contribution in [0.15, 0.2) is 61.5 Å². The van der Waals surface area contributed by atoms with Crippen LogP contribution in [0.3, 0.4) is 0 Å². The van der Waals surface area contributed by atoms with E-state index in [4.69, 9.17) is 32.7 Å². The van der Waals surface area contributed by atoms with Crippen LogP contribution in [-0.2, 0) is 15.4 Å². The molecule has 0 aliphatic carbocycles. The molecule has 0 fully saturated rings. The molecule has 1 N–H and O–H groups in total. The van der Waals surface area contributed by atoms with Crippen molar-refractivity contribution in [3.8, 4) is 17.6 Å². The topological polar surface area (TPSA) is 101 Å². The monoisotopic (exact) mass is 660 g/mol. The number of halogens is 3. The maximum absolute atomic E-state index is 11.5. The smallest absolute Gasteiger partial charge is 0.489 e. The first-order valence-electron chi connectivity index (χ1n) is 10.7. The molecule has 1 heterocycles. The predicted molar refractivity (Wildman–Crippen MR) is 139 cm³/mol. The van der Waals surface area contributed by atoms with Crippen molar-refractivity contribution in [1.29, 1.82) is 5.26 Å². The Hall–Kier alpha value is -2.26. The van der Waals surface area contributed by atoms with Gasteiger partial charge in [0.1, 0.15) is 12.7 Å². The molecular formula is C25H25Cl2IN3O4S-. The number of rotatable bonds is 10. The number of ether oxygens (including phenoxy) is 2. The number of hydrogen-bond acceptors (Lipinski definition) is 6. The van der Waals surface area contributed by atoms with Crippen LogP contribution >= 0.6 is 23.2 Å². The van der Waals surface area contributed by atoms with Gasteiger partial charge < -0.3 is 4.74 Å². The third-order valence-electron chi connectivity index (χ3n) is 5.22. The van der Waals surface area contributed by atoms with E-state index in [1.54, 1.807) is 10.1 Å². The number of hydrogen-bond donors (Lipinski definition) is 1. The van der Waals surface area contributed by atoms with Crippen LogP contribution in [-0.4, -0.2) is 39.5 Å². The number of alkyl halides is 1. The molecule has 0 saturated carbocycles. The molecular weight excluding hydrogens is 636 g/mol. The van der Waals surface area contributed by atoms with Gasteiger partial charge in [-0.15, -0.1) is 11.6 Å². The van der Waals surface area contributed by atoms with Gasteiger partial charge in [0, 0.05) is 0 Å². The first-order chi connectivity index (χ1) is 17.0. The minimum Gasteiger partial charge on any atom is -0.489 e. The summed E-state index contributed by atoms with van der Waals surface area (Å²) < 4.78 is 40.7. The maximum atomic E-state index is 11.5. The van der Waals surface area contributed by atoms with Gasteiger partial charge in [-0.3, -0.25) is 0 Å². The molecule has 0 aromatic heterocycles. The van der Waals surface area contributed by atoms with Gasteiger partial charge in [0.05, 0.1) is 16.5 Å². The molecule has 3 rings (SSSR count). The second-order valence-electron chi connectivity index (χ2n) is 8.31. The summed E-state index contributed by atoms with van der Waals surface area (Å²) in [6.07, 6.45) is 2.95. The molecule has 1 aliphatic rings. The zero-order valence-corrected chi connectivity index (χ0v) is 24.4. The van der Waals surface area contributed by atoms with Crippen molar-refractivity contribution in [3.63, 3.8) is 0 Å². The van der Waals surface area contributed by atoms with Gasteiger partial charge in [-0.05, 0) is 0 Å². The quantitative estimate of drug-likeness (QED) is 0.310. The van der Waals surface area contributed by atoms with Gasteiger partial charge >= 0.3 is 165 Å². The molecule has 192 valence electrons. The number of benzene rings is 2. The molecule has 11 heteroatoms. The van der Waals surface area contributed by atoms with Crippen LogP contribution in [0.25, 0.3) is 0 Å². The summed E-state index contributed by atoms with van der Waals surface area (Å²) >= 11 is 11.7. The van der Waals surface area contributed by atoms with Crippen molar-refractivity contribution in [2.75, 3.05) is 25.3 Å². The fraction of sp³-hybridized carbons (Fsp3) is 0.280. The second kappa shape index (κ2) is 12.3. The summed E-state index contributed by atoms with van der Waals surface area (Å²) in [4.78, 5) is 4.37. The Balaban J connectivity index is 1.75. The van der Waals surface area contributed by atoms with Crippen LogP contribution in [0.5, 0.6) is 11.5 Å². The molecule has 0 bridgehead atoms. The fourth-order valence-corrected chi connectivity index (χ4v) is 5.87. The van der Waals surface area contributed by atoms with E-state index >= 15 is 0 Å². The summed E-state index contributed by atoms with van der Waals surface area (Å²) in [6.45, 7) is 4.55. The standard InChI is InChI=1S/C25H25Cl2IN3O4S/c1-25(2,19-12-17(15-29)24(22(27)13-19)34-11-9-26)18-4-6-21(7-5-18)35-16-20-8-10-28-14-23(30-20)31-36(3,32)33/h4-8,10,12-14,31H,9,11,16H2,1-3H3/q-1. The third-order valence-corrected chi connectivity index (χ3v) is 7.96. The molecule has 2 aromatic rings. The molecule has 0 unspecified atom stereocenters. The first-order valence-corrected chi connectivity index (χ1v) is 16.0. The van der Waals surface area contributed by atoms with E-state index in [9.17, 15) is 13.7 Å². The number of nitriles is 1. The zero-order chi connectivity index (χ0) is 26.3. The van der Waals surface area contributed by atoms with Gasteiger partial charge in [-0.2, -0.15) is 5.26 Å². The molecule has 0 atom stereocenters. The molecule has 0 radical (unpaired) electrons. The van der Waals surface area contributed by atoms with Gasteiger partial charge in [0.15, 0.2) is 5.75 Å². The molecule has 36 heavy (non-hydrogen) atoms. The van der Waals surface area contributed by atoms with Crippen molar-refractivity contribution in [3.05, 3.63) is 78.2 Å². The Morgan fingerprint density at radius 2 is 1.89 bits per heavy atom. The van der Waals surface area contributed by atoms with Gasteiger partial charge in [-0.1, -0.05) is 11.6 Å². The summed E-state index contributed by atoms with van der Waals surface area (Å²) in [7, 11) is -3.40. The van der Waals surface area contributed by atoms with Crippen molar-refractivity contribution in [1.82, 2.24) is 4.72 Å². The second-order valence-corrected chi connectivity index (χ2v) is 12.9. The van der Waals surface area contributed by atoms with Crippen LogP contribution in [0.4, 0.5) is 0 Å². The summed E-state index contributed by atoms with van der Waals surface area (Å²) in [5.41, 5.74) is 2.40. The summed E-state index contributed by atoms with van der Waals surface area (Å²) in [5, 5.41) is 9.97. The molecule has 1 aliphatic heterocycles. The van der Waals surface area contributed by atoms with Crippen LogP contribution in [0, 0.1) is 11.3 Å². The van der Waals surface area contributed by atoms with E-state index in [-0.39, 0.29) is 13.2 Å². The molecule has 2 aromatic carbocycles. The number of nitrogens with zero attached hydrogens (tertiary/aromatic N) is 2. The van der Waals surface area contributed by atoms with Crippen LogP contribution in [0.1, 0.15) is 30.5 Å². The Bertz CT molecular complexity index is 1350. The van der Waals surface area contributed by atoms with Crippen LogP contribution < -0.4 is 35.4 Å². The number of sulfonamides is 1. The third kappa shape index (κ3) is 7.62. The Morgan fingerprint density at radius 3 is 2.53 bits per heavy atom. The van der Waals surface area contributed by atoms with Crippen molar-refractivity contribution in [2.24, 2.45) is 4.99 Å². The molecule has 7 nitrogen and oxygen atoms in total. The van der Waals surface area contributed by atoms with E-state index in [1.165, 1.54) is 0 Å². The number of nitrogens with one attached hydrogen (secondary N) is 1. The summed E-state index contributed by atoms with van der Waals surface area (Å²) in [6, 6.07) is 13.4. The van der Waals surface area contributed by atoms with Gasteiger partial charge in [0.25, 0.3) is 0 Å². The first kappa shape index (κ1) is 28.3. The normalized spacial score (nSPS) is 14.0. The van der Waals surface area contributed by atoms with Gasteiger partial charge in [0.2, 0.25) is 0 Å². The molecule has 0 amide bonds. The summed E-state index contributed by atoms with van der Waals surface area (Å²) in [5.74, 6) is 1.60. The minimum absolute atomic E-state index is 0.191. The Morgan fingerprint density at radius 1 is 1.17 bits per heavy atom. The average Bonchev–Trinajstić information content (AvgIpc) is 3.05. The molecule has 0 spiro atoms. The van der Waals surface area contributed by atoms with Gasteiger partial charge in [-0.25, -0.2) is 0 Å². The van der Waals surface area contributed by atoms with E-state index in [2.05, 4.69) is 15.8 Å². The van der Waals surface area contributed by atoms with Crippen molar-refractivity contribution in [2.45, 2.75) is 19.3 Å². The van der Waals surface area contributed by atoms with Crippen molar-refractivity contribution < 1.29 is 39.1 Å². The van der Waals surface area contributed by atoms with E-state index in [0.717, 1.165) is 17.4 Å². The predicted octanol–water partition coefficient (Wildman–Crippen LogP) is 1.94. The number of aliphatic imine (C=N–C) groups is 1. The van der Waals surface area contributed by atoms with E-state index in [1.807, 2.05) is 54.3 Å².